The van der Waals surface area contributed by atoms with Crippen molar-refractivity contribution in [2.45, 2.75) is 6.61 Å². The minimum atomic E-state index is -0.563. The molecule has 6 heteroatoms. The Morgan fingerprint density at radius 2 is 1.91 bits per heavy atom. The Morgan fingerprint density at radius 3 is 2.70 bits per heavy atom. The topological polar surface area (TPSA) is 51.2 Å². The average molecular weight is 392 g/mol. The van der Waals surface area contributed by atoms with Crippen molar-refractivity contribution < 1.29 is 9.53 Å². The number of hydrogen-bond acceptors (Lipinski definition) is 3. The molecule has 116 valence electrons. The third-order valence-corrected chi connectivity index (χ3v) is 4.19. The number of amides is 1. The summed E-state index contributed by atoms with van der Waals surface area (Å²) in [5, 5.41) is 4.00. The van der Waals surface area contributed by atoms with Crippen molar-refractivity contribution in [3.05, 3.63) is 69.7 Å². The fourth-order valence-electron chi connectivity index (χ4n) is 2.08. The number of fused-ring (bicyclic) bond motifs is 1. The van der Waals surface area contributed by atoms with Crippen LogP contribution in [0.4, 0.5) is 10.6 Å². The number of aromatic nitrogens is 1. The van der Waals surface area contributed by atoms with Crippen molar-refractivity contribution in [2.24, 2.45) is 0 Å². The molecule has 0 saturated heterocycles. The zero-order chi connectivity index (χ0) is 16.2. The van der Waals surface area contributed by atoms with Crippen LogP contribution in [0.3, 0.4) is 0 Å². The number of nitrogens with one attached hydrogen (secondary N) is 1. The number of pyridine rings is 1. The van der Waals surface area contributed by atoms with Crippen molar-refractivity contribution >= 4 is 50.3 Å². The molecule has 0 unspecified atom stereocenters. The van der Waals surface area contributed by atoms with Crippen LogP contribution in [-0.2, 0) is 11.3 Å². The first-order valence-corrected chi connectivity index (χ1v) is 8.03. The predicted octanol–water partition coefficient (Wildman–Crippen LogP) is 5.40. The quantitative estimate of drug-likeness (QED) is 0.650. The molecule has 3 aromatic rings. The van der Waals surface area contributed by atoms with Crippen LogP contribution in [0.5, 0.6) is 0 Å². The molecular formula is C17H12BrClN2O2. The number of ether oxygens (including phenoxy) is 1. The van der Waals surface area contributed by atoms with E-state index in [0.29, 0.717) is 16.4 Å². The average Bonchev–Trinajstić information content (AvgIpc) is 2.57. The second-order valence-corrected chi connectivity index (χ2v) is 6.07. The van der Waals surface area contributed by atoms with Crippen molar-refractivity contribution in [3.8, 4) is 0 Å². The molecule has 0 aliphatic rings. The van der Waals surface area contributed by atoms with E-state index >= 15 is 0 Å². The molecule has 1 aromatic heterocycles. The van der Waals surface area contributed by atoms with E-state index in [4.69, 9.17) is 16.3 Å². The predicted molar refractivity (Wildman–Crippen MR) is 94.7 cm³/mol. The Morgan fingerprint density at radius 1 is 1.13 bits per heavy atom. The Balaban J connectivity index is 1.71. The molecule has 0 saturated carbocycles. The zero-order valence-electron chi connectivity index (χ0n) is 11.9. The molecule has 0 bridgehead atoms. The van der Waals surface area contributed by atoms with Gasteiger partial charge in [-0.05, 0) is 29.8 Å². The van der Waals surface area contributed by atoms with Gasteiger partial charge in [0.2, 0.25) is 0 Å². The summed E-state index contributed by atoms with van der Waals surface area (Å²) in [6, 6.07) is 16.6. The van der Waals surface area contributed by atoms with Crippen LogP contribution < -0.4 is 5.32 Å². The van der Waals surface area contributed by atoms with E-state index in [1.165, 1.54) is 0 Å². The highest BCUT2D eigenvalue weighted by molar-refractivity contribution is 9.10. The summed E-state index contributed by atoms with van der Waals surface area (Å²) in [6.45, 7) is 0.201. The summed E-state index contributed by atoms with van der Waals surface area (Å²) in [5.74, 6) is 0.385. The standard InChI is InChI=1S/C17H12BrClN2O2/c18-13-7-8-14(19)16-12(13)6-9-15(20-16)21-17(22)23-10-11-4-2-1-3-5-11/h1-9H,10H2,(H,20,21,22). The first-order chi connectivity index (χ1) is 11.1. The lowest BCUT2D eigenvalue weighted by Crippen LogP contribution is -2.14. The lowest BCUT2D eigenvalue weighted by molar-refractivity contribution is 0.155. The summed E-state index contributed by atoms with van der Waals surface area (Å²) >= 11 is 9.60. The summed E-state index contributed by atoms with van der Waals surface area (Å²) in [7, 11) is 0. The van der Waals surface area contributed by atoms with Crippen molar-refractivity contribution in [2.75, 3.05) is 5.32 Å². The Kier molecular flexibility index (Phi) is 4.79. The van der Waals surface area contributed by atoms with E-state index in [9.17, 15) is 4.79 Å². The molecule has 0 spiro atoms. The molecule has 0 aliphatic carbocycles. The molecule has 2 aromatic carbocycles. The first-order valence-electron chi connectivity index (χ1n) is 6.86. The van der Waals surface area contributed by atoms with Crippen LogP contribution in [0, 0.1) is 0 Å². The second kappa shape index (κ2) is 6.98. The van der Waals surface area contributed by atoms with Crippen LogP contribution in [-0.4, -0.2) is 11.1 Å². The molecule has 0 aliphatic heterocycles. The molecular weight excluding hydrogens is 380 g/mol. The summed E-state index contributed by atoms with van der Waals surface area (Å²) < 4.78 is 6.06. The number of benzene rings is 2. The van der Waals surface area contributed by atoms with Gasteiger partial charge < -0.3 is 4.74 Å². The minimum Gasteiger partial charge on any atom is -0.444 e. The van der Waals surface area contributed by atoms with Gasteiger partial charge in [-0.15, -0.1) is 0 Å². The maximum absolute atomic E-state index is 11.9. The Labute approximate surface area is 146 Å². The lowest BCUT2D eigenvalue weighted by Gasteiger charge is -2.08. The maximum atomic E-state index is 11.9. The molecule has 3 rings (SSSR count). The molecule has 1 amide bonds. The summed E-state index contributed by atoms with van der Waals surface area (Å²) in [4.78, 5) is 16.2. The number of carbonyl (C=O) groups is 1. The van der Waals surface area contributed by atoms with Gasteiger partial charge in [-0.3, -0.25) is 5.32 Å². The van der Waals surface area contributed by atoms with Crippen LogP contribution in [0.2, 0.25) is 5.02 Å². The van der Waals surface area contributed by atoms with Crippen LogP contribution in [0.15, 0.2) is 59.1 Å². The number of rotatable bonds is 3. The van der Waals surface area contributed by atoms with E-state index in [2.05, 4.69) is 26.2 Å². The van der Waals surface area contributed by atoms with Crippen molar-refractivity contribution in [3.63, 3.8) is 0 Å². The van der Waals surface area contributed by atoms with Crippen LogP contribution in [0.1, 0.15) is 5.56 Å². The molecule has 23 heavy (non-hydrogen) atoms. The number of carbonyl (C=O) groups excluding carboxylic acids is 1. The fourth-order valence-corrected chi connectivity index (χ4v) is 2.74. The van der Waals surface area contributed by atoms with E-state index < -0.39 is 6.09 Å². The lowest BCUT2D eigenvalue weighted by atomic mass is 10.2. The van der Waals surface area contributed by atoms with E-state index in [-0.39, 0.29) is 6.61 Å². The van der Waals surface area contributed by atoms with Crippen molar-refractivity contribution in [1.82, 2.24) is 4.98 Å². The van der Waals surface area contributed by atoms with E-state index in [1.54, 1.807) is 12.1 Å². The van der Waals surface area contributed by atoms with Crippen molar-refractivity contribution in [1.29, 1.82) is 0 Å². The number of nitrogens with zero attached hydrogens (tertiary/aromatic N) is 1. The number of halogens is 2. The zero-order valence-corrected chi connectivity index (χ0v) is 14.3. The number of anilines is 1. The van der Waals surface area contributed by atoms with Gasteiger partial charge in [0.05, 0.1) is 10.5 Å². The highest BCUT2D eigenvalue weighted by Gasteiger charge is 2.09. The molecule has 0 fully saturated rings. The molecule has 0 radical (unpaired) electrons. The number of hydrogen-bond donors (Lipinski definition) is 1. The van der Waals surface area contributed by atoms with Gasteiger partial charge in [0.1, 0.15) is 12.4 Å². The largest absolute Gasteiger partial charge is 0.444 e. The fraction of sp³-hybridized carbons (Fsp3) is 0.0588. The SMILES string of the molecule is O=C(Nc1ccc2c(Br)ccc(Cl)c2n1)OCc1ccccc1. The van der Waals surface area contributed by atoms with Crippen LogP contribution in [0.25, 0.3) is 10.9 Å². The summed E-state index contributed by atoms with van der Waals surface area (Å²) in [5.41, 5.74) is 1.53. The highest BCUT2D eigenvalue weighted by Crippen LogP contribution is 2.29. The third kappa shape index (κ3) is 3.81. The van der Waals surface area contributed by atoms with Gasteiger partial charge >= 0.3 is 6.09 Å². The van der Waals surface area contributed by atoms with Crippen LogP contribution >= 0.6 is 27.5 Å². The first kappa shape index (κ1) is 15.8. The van der Waals surface area contributed by atoms with Gasteiger partial charge in [0.15, 0.2) is 0 Å². The van der Waals surface area contributed by atoms with Gasteiger partial charge in [0, 0.05) is 9.86 Å². The molecule has 1 N–H and O–H groups in total. The second-order valence-electron chi connectivity index (χ2n) is 4.81. The highest BCUT2D eigenvalue weighted by atomic mass is 79.9. The van der Waals surface area contributed by atoms with E-state index in [1.807, 2.05) is 42.5 Å². The Bertz CT molecular complexity index is 856. The molecule has 1 heterocycles. The molecule has 0 atom stereocenters. The van der Waals surface area contributed by atoms with Gasteiger partial charge in [-0.25, -0.2) is 9.78 Å². The maximum Gasteiger partial charge on any atom is 0.413 e. The van der Waals surface area contributed by atoms with E-state index in [0.717, 1.165) is 15.4 Å². The molecule has 4 nitrogen and oxygen atoms in total. The third-order valence-electron chi connectivity index (χ3n) is 3.20. The smallest absolute Gasteiger partial charge is 0.413 e. The van der Waals surface area contributed by atoms with Gasteiger partial charge in [-0.2, -0.15) is 0 Å². The monoisotopic (exact) mass is 390 g/mol. The van der Waals surface area contributed by atoms with Gasteiger partial charge in [0.25, 0.3) is 0 Å². The minimum absolute atomic E-state index is 0.201. The normalized spacial score (nSPS) is 10.5. The van der Waals surface area contributed by atoms with Gasteiger partial charge in [-0.1, -0.05) is 57.9 Å². The Hall–Kier alpha value is -2.11. The summed E-state index contributed by atoms with van der Waals surface area (Å²) in [6.07, 6.45) is -0.563.